The van der Waals surface area contributed by atoms with E-state index in [2.05, 4.69) is 66.5 Å². The molecule has 0 atom stereocenters. The lowest BCUT2D eigenvalue weighted by Gasteiger charge is -2.21. The van der Waals surface area contributed by atoms with Gasteiger partial charge in [-0.25, -0.2) is 0 Å². The normalized spacial score (nSPS) is 11.6. The fourth-order valence-electron chi connectivity index (χ4n) is 2.81. The first-order valence-electron chi connectivity index (χ1n) is 8.02. The molecule has 0 aliphatic carbocycles. The van der Waals surface area contributed by atoms with E-state index in [1.54, 1.807) is 18.5 Å². The van der Waals surface area contributed by atoms with E-state index in [0.29, 0.717) is 5.78 Å². The monoisotopic (exact) mass is 331 g/mol. The summed E-state index contributed by atoms with van der Waals surface area (Å²) in [5.74, 6) is 1.36. The molecule has 0 spiro atoms. The molecular weight excluding hydrogens is 310 g/mol. The topological polar surface area (TPSA) is 46.3 Å². The van der Waals surface area contributed by atoms with Crippen molar-refractivity contribution >= 4 is 28.6 Å². The van der Waals surface area contributed by atoms with Gasteiger partial charge in [0, 0.05) is 18.1 Å². The average molecular weight is 331 g/mol. The van der Waals surface area contributed by atoms with Gasteiger partial charge in [0.1, 0.15) is 12.1 Å². The summed E-state index contributed by atoms with van der Waals surface area (Å²) in [4.78, 5) is 6.66. The van der Waals surface area contributed by atoms with Gasteiger partial charge in [-0.2, -0.15) is 4.98 Å². The van der Waals surface area contributed by atoms with Gasteiger partial charge in [-0.05, 0) is 43.7 Å². The Hall–Kier alpha value is -3.21. The highest BCUT2D eigenvalue weighted by Crippen LogP contribution is 2.28. The van der Waals surface area contributed by atoms with Crippen molar-refractivity contribution in [3.05, 3.63) is 72.7 Å². The van der Waals surface area contributed by atoms with Crippen LogP contribution in [0.4, 0.5) is 5.82 Å². The molecule has 2 aromatic heterocycles. The molecule has 126 valence electrons. The van der Waals surface area contributed by atoms with Crippen LogP contribution in [0, 0.1) is 0 Å². The number of hydrogen-bond donors (Lipinski definition) is 0. The summed E-state index contributed by atoms with van der Waals surface area (Å²) in [7, 11) is 1.95. The first-order chi connectivity index (χ1) is 12.0. The summed E-state index contributed by atoms with van der Waals surface area (Å²) in [6, 6.07) is 6.30. The highest BCUT2D eigenvalue weighted by atomic mass is 15.3. The Bertz CT molecular complexity index is 1020. The molecule has 0 saturated heterocycles. The lowest BCUT2D eigenvalue weighted by atomic mass is 10.1. The molecule has 0 N–H and O–H groups in total. The smallest absolute Gasteiger partial charge is 0.257 e. The van der Waals surface area contributed by atoms with Crippen LogP contribution in [0.3, 0.4) is 0 Å². The highest BCUT2D eigenvalue weighted by molar-refractivity contribution is 5.93. The van der Waals surface area contributed by atoms with Crippen LogP contribution in [0.25, 0.3) is 22.8 Å². The Labute approximate surface area is 147 Å². The fraction of sp³-hybridized carbons (Fsp3) is 0.150. The predicted octanol–water partition coefficient (Wildman–Crippen LogP) is 4.39. The molecule has 0 saturated carbocycles. The molecule has 0 fully saturated rings. The molecule has 1 aromatic carbocycles. The van der Waals surface area contributed by atoms with Crippen LogP contribution in [0.2, 0.25) is 0 Å². The third-order valence-electron chi connectivity index (χ3n) is 3.92. The minimum atomic E-state index is 0.561. The number of fused-ring (bicyclic) bond motifs is 3. The Morgan fingerprint density at radius 1 is 1.24 bits per heavy atom. The van der Waals surface area contributed by atoms with Crippen molar-refractivity contribution in [3.8, 4) is 0 Å². The molecule has 2 heterocycles. The number of benzene rings is 1. The molecule has 0 bridgehead atoms. The number of aromatic nitrogens is 4. The Balaban J connectivity index is 2.31. The maximum absolute atomic E-state index is 4.68. The molecule has 0 unspecified atom stereocenters. The Morgan fingerprint density at radius 2 is 2.04 bits per heavy atom. The number of rotatable bonds is 5. The molecule has 0 aliphatic heterocycles. The van der Waals surface area contributed by atoms with Gasteiger partial charge in [-0.1, -0.05) is 36.9 Å². The Kier molecular flexibility index (Phi) is 4.48. The van der Waals surface area contributed by atoms with Gasteiger partial charge in [0.2, 0.25) is 0 Å². The zero-order chi connectivity index (χ0) is 18.0. The lowest BCUT2D eigenvalue weighted by molar-refractivity contribution is 1.06. The van der Waals surface area contributed by atoms with Crippen molar-refractivity contribution in [2.75, 3.05) is 11.9 Å². The molecule has 5 nitrogen and oxygen atoms in total. The Morgan fingerprint density at radius 3 is 2.72 bits per heavy atom. The minimum Gasteiger partial charge on any atom is -0.329 e. The van der Waals surface area contributed by atoms with E-state index in [4.69, 9.17) is 0 Å². The van der Waals surface area contributed by atoms with Crippen LogP contribution in [-0.2, 0) is 0 Å². The van der Waals surface area contributed by atoms with Gasteiger partial charge in [0.25, 0.3) is 5.78 Å². The van der Waals surface area contributed by atoms with Crippen LogP contribution in [0.15, 0.2) is 67.2 Å². The van der Waals surface area contributed by atoms with Crippen LogP contribution in [0.1, 0.15) is 19.4 Å². The standard InChI is InChI=1S/C20H21N5/c1-6-8-16(7-2)24(5)19-17-10-9-15(11-14(3)4)12-18(17)25-13-21-23-20(25)22-19/h6-13H,1-2H2,3-5H3/b16-8+. The molecule has 3 rings (SSSR count). The summed E-state index contributed by atoms with van der Waals surface area (Å²) < 4.78 is 1.90. The van der Waals surface area contributed by atoms with Crippen molar-refractivity contribution in [3.63, 3.8) is 0 Å². The second-order valence-electron chi connectivity index (χ2n) is 6.03. The van der Waals surface area contributed by atoms with Gasteiger partial charge in [0.15, 0.2) is 0 Å². The van der Waals surface area contributed by atoms with Crippen LogP contribution >= 0.6 is 0 Å². The van der Waals surface area contributed by atoms with E-state index in [-0.39, 0.29) is 0 Å². The van der Waals surface area contributed by atoms with Gasteiger partial charge >= 0.3 is 0 Å². The highest BCUT2D eigenvalue weighted by Gasteiger charge is 2.14. The SMILES string of the molecule is C=C/C=C(\C=C)N(C)c1nc2nncn2c2cc(C=C(C)C)ccc12. The zero-order valence-corrected chi connectivity index (χ0v) is 14.8. The van der Waals surface area contributed by atoms with E-state index >= 15 is 0 Å². The number of hydrogen-bond acceptors (Lipinski definition) is 4. The molecule has 25 heavy (non-hydrogen) atoms. The van der Waals surface area contributed by atoms with Gasteiger partial charge < -0.3 is 4.90 Å². The molecule has 0 amide bonds. The maximum Gasteiger partial charge on any atom is 0.257 e. The second kappa shape index (κ2) is 6.73. The molecule has 0 radical (unpaired) electrons. The van der Waals surface area contributed by atoms with E-state index in [0.717, 1.165) is 28.0 Å². The molecule has 0 aliphatic rings. The summed E-state index contributed by atoms with van der Waals surface area (Å²) in [6.07, 6.45) is 9.24. The number of nitrogens with zero attached hydrogens (tertiary/aromatic N) is 5. The van der Waals surface area contributed by atoms with Gasteiger partial charge in [0.05, 0.1) is 5.52 Å². The van der Waals surface area contributed by atoms with E-state index in [9.17, 15) is 0 Å². The lowest BCUT2D eigenvalue weighted by Crippen LogP contribution is -2.17. The van der Waals surface area contributed by atoms with Crippen LogP contribution in [-0.4, -0.2) is 26.6 Å². The first-order valence-corrected chi connectivity index (χ1v) is 8.02. The predicted molar refractivity (Wildman–Crippen MR) is 104 cm³/mol. The van der Waals surface area contributed by atoms with Crippen LogP contribution in [0.5, 0.6) is 0 Å². The molecule has 3 aromatic rings. The second-order valence-corrected chi connectivity index (χ2v) is 6.03. The number of likely N-dealkylation sites (N-methyl/N-ethyl adjacent to an activating group) is 1. The van der Waals surface area contributed by atoms with Crippen molar-refractivity contribution in [1.82, 2.24) is 19.6 Å². The van der Waals surface area contributed by atoms with Crippen molar-refractivity contribution in [2.24, 2.45) is 0 Å². The van der Waals surface area contributed by atoms with Gasteiger partial charge in [-0.3, -0.25) is 4.40 Å². The quantitative estimate of drug-likeness (QED) is 0.650. The van der Waals surface area contributed by atoms with E-state index in [1.807, 2.05) is 22.4 Å². The van der Waals surface area contributed by atoms with Crippen molar-refractivity contribution < 1.29 is 0 Å². The first kappa shape index (κ1) is 16.6. The number of allylic oxidation sites excluding steroid dienone is 4. The van der Waals surface area contributed by atoms with Crippen molar-refractivity contribution in [1.29, 1.82) is 0 Å². The summed E-state index contributed by atoms with van der Waals surface area (Å²) >= 11 is 0. The third-order valence-corrected chi connectivity index (χ3v) is 3.92. The number of anilines is 1. The van der Waals surface area contributed by atoms with Crippen LogP contribution < -0.4 is 4.90 Å². The average Bonchev–Trinajstić information content (AvgIpc) is 3.06. The fourth-order valence-corrected chi connectivity index (χ4v) is 2.81. The van der Waals surface area contributed by atoms with E-state index < -0.39 is 0 Å². The van der Waals surface area contributed by atoms with Crippen molar-refractivity contribution in [2.45, 2.75) is 13.8 Å². The summed E-state index contributed by atoms with van der Waals surface area (Å²) in [6.45, 7) is 11.8. The minimum absolute atomic E-state index is 0.561. The summed E-state index contributed by atoms with van der Waals surface area (Å²) in [5, 5.41) is 9.15. The maximum atomic E-state index is 4.68. The summed E-state index contributed by atoms with van der Waals surface area (Å²) in [5.41, 5.74) is 4.29. The molecule has 5 heteroatoms. The molecular formula is C20H21N5. The van der Waals surface area contributed by atoms with Gasteiger partial charge in [-0.15, -0.1) is 10.2 Å². The third kappa shape index (κ3) is 3.08. The zero-order valence-electron chi connectivity index (χ0n) is 14.8. The largest absolute Gasteiger partial charge is 0.329 e. The van der Waals surface area contributed by atoms with E-state index in [1.165, 1.54) is 5.57 Å².